The number of hydrogen-bond donors (Lipinski definition) is 2. The third-order valence-electron chi connectivity index (χ3n) is 3.93. The molecule has 116 valence electrons. The first-order valence-corrected chi connectivity index (χ1v) is 7.61. The average molecular weight is 290 g/mol. The summed E-state index contributed by atoms with van der Waals surface area (Å²) in [5.74, 6) is -0.155. The van der Waals surface area contributed by atoms with E-state index in [1.807, 2.05) is 20.8 Å². The van der Waals surface area contributed by atoms with E-state index >= 15 is 0 Å². The topological polar surface area (TPSA) is 64.3 Å². The van der Waals surface area contributed by atoms with Gasteiger partial charge in [-0.3, -0.25) is 4.79 Å². The SMILES string of the molecule is CC(C)(C)C(=O)OC1(c2ccc(CCN)cc2)CCNC1. The number of nitrogens with one attached hydrogen (secondary N) is 1. The highest BCUT2D eigenvalue weighted by Crippen LogP contribution is 2.34. The molecule has 1 saturated heterocycles. The Morgan fingerprint density at radius 1 is 1.33 bits per heavy atom. The number of carbonyl (C=O) groups is 1. The van der Waals surface area contributed by atoms with E-state index in [1.165, 1.54) is 5.56 Å². The monoisotopic (exact) mass is 290 g/mol. The molecule has 0 aromatic heterocycles. The molecule has 0 aliphatic carbocycles. The summed E-state index contributed by atoms with van der Waals surface area (Å²) >= 11 is 0. The number of ether oxygens (including phenoxy) is 1. The largest absolute Gasteiger partial charge is 0.452 e. The van der Waals surface area contributed by atoms with Crippen LogP contribution in [0.3, 0.4) is 0 Å². The van der Waals surface area contributed by atoms with Gasteiger partial charge in [-0.1, -0.05) is 24.3 Å². The molecule has 0 spiro atoms. The fourth-order valence-electron chi connectivity index (χ4n) is 2.53. The van der Waals surface area contributed by atoms with Crippen molar-refractivity contribution in [3.8, 4) is 0 Å². The lowest BCUT2D eigenvalue weighted by Crippen LogP contribution is -2.38. The van der Waals surface area contributed by atoms with Gasteiger partial charge in [-0.25, -0.2) is 0 Å². The first-order valence-electron chi connectivity index (χ1n) is 7.61. The molecule has 21 heavy (non-hydrogen) atoms. The van der Waals surface area contributed by atoms with Crippen molar-refractivity contribution in [2.75, 3.05) is 19.6 Å². The van der Waals surface area contributed by atoms with E-state index in [0.29, 0.717) is 13.1 Å². The average Bonchev–Trinajstić information content (AvgIpc) is 2.88. The van der Waals surface area contributed by atoms with Crippen molar-refractivity contribution in [2.24, 2.45) is 11.1 Å². The highest BCUT2D eigenvalue weighted by atomic mass is 16.6. The van der Waals surface area contributed by atoms with Crippen LogP contribution in [0.2, 0.25) is 0 Å². The molecule has 1 atom stereocenters. The van der Waals surface area contributed by atoms with Crippen LogP contribution < -0.4 is 11.1 Å². The fourth-order valence-corrected chi connectivity index (χ4v) is 2.53. The highest BCUT2D eigenvalue weighted by molar-refractivity contribution is 5.76. The smallest absolute Gasteiger partial charge is 0.312 e. The lowest BCUT2D eigenvalue weighted by molar-refractivity contribution is -0.169. The molecule has 1 heterocycles. The van der Waals surface area contributed by atoms with Crippen molar-refractivity contribution in [3.05, 3.63) is 35.4 Å². The standard InChI is InChI=1S/C17H26N2O2/c1-16(2,3)15(20)21-17(9-11-19-12-17)14-6-4-13(5-7-14)8-10-18/h4-7,19H,8-12,18H2,1-3H3. The molecule has 0 bridgehead atoms. The second kappa shape index (κ2) is 6.16. The predicted octanol–water partition coefficient (Wildman–Crippen LogP) is 1.97. The number of benzene rings is 1. The zero-order chi connectivity index (χ0) is 15.5. The third kappa shape index (κ3) is 3.63. The van der Waals surface area contributed by atoms with Crippen LogP contribution in [-0.2, 0) is 21.6 Å². The molecule has 1 aliphatic rings. The van der Waals surface area contributed by atoms with Crippen LogP contribution >= 0.6 is 0 Å². The van der Waals surface area contributed by atoms with Gasteiger partial charge in [0.1, 0.15) is 0 Å². The molecule has 3 N–H and O–H groups in total. The van der Waals surface area contributed by atoms with Crippen LogP contribution in [0.1, 0.15) is 38.3 Å². The van der Waals surface area contributed by atoms with Crippen LogP contribution in [0, 0.1) is 5.41 Å². The Labute approximate surface area is 127 Å². The number of rotatable bonds is 4. The molecule has 2 rings (SSSR count). The lowest BCUT2D eigenvalue weighted by Gasteiger charge is -2.32. The summed E-state index contributed by atoms with van der Waals surface area (Å²) in [6.07, 6.45) is 1.68. The van der Waals surface area contributed by atoms with Crippen LogP contribution in [0.15, 0.2) is 24.3 Å². The van der Waals surface area contributed by atoms with E-state index in [1.54, 1.807) is 0 Å². The third-order valence-corrected chi connectivity index (χ3v) is 3.93. The summed E-state index contributed by atoms with van der Waals surface area (Å²) in [4.78, 5) is 12.3. The van der Waals surface area contributed by atoms with Crippen LogP contribution in [0.4, 0.5) is 0 Å². The van der Waals surface area contributed by atoms with Gasteiger partial charge in [0.2, 0.25) is 0 Å². The zero-order valence-electron chi connectivity index (χ0n) is 13.2. The minimum absolute atomic E-state index is 0.155. The minimum atomic E-state index is -0.536. The molecule has 4 nitrogen and oxygen atoms in total. The van der Waals surface area contributed by atoms with Crippen molar-refractivity contribution in [1.29, 1.82) is 0 Å². The molecule has 1 unspecified atom stereocenters. The Morgan fingerprint density at radius 3 is 2.48 bits per heavy atom. The first kappa shape index (κ1) is 16.0. The van der Waals surface area contributed by atoms with Gasteiger partial charge < -0.3 is 15.8 Å². The minimum Gasteiger partial charge on any atom is -0.452 e. The van der Waals surface area contributed by atoms with E-state index in [-0.39, 0.29) is 5.97 Å². The molecule has 0 amide bonds. The quantitative estimate of drug-likeness (QED) is 0.832. The van der Waals surface area contributed by atoms with Gasteiger partial charge in [-0.2, -0.15) is 0 Å². The first-order chi connectivity index (χ1) is 9.87. The van der Waals surface area contributed by atoms with E-state index in [4.69, 9.17) is 10.5 Å². The van der Waals surface area contributed by atoms with Crippen molar-refractivity contribution >= 4 is 5.97 Å². The molecule has 4 heteroatoms. The molecule has 1 aromatic rings. The maximum absolute atomic E-state index is 12.3. The van der Waals surface area contributed by atoms with E-state index in [9.17, 15) is 4.79 Å². The Morgan fingerprint density at radius 2 is 2.00 bits per heavy atom. The lowest BCUT2D eigenvalue weighted by atomic mass is 9.90. The van der Waals surface area contributed by atoms with Gasteiger partial charge in [0.05, 0.1) is 5.41 Å². The Balaban J connectivity index is 2.23. The molecule has 1 aromatic carbocycles. The van der Waals surface area contributed by atoms with Crippen molar-refractivity contribution in [2.45, 2.75) is 39.2 Å². The number of carbonyl (C=O) groups excluding carboxylic acids is 1. The van der Waals surface area contributed by atoms with Gasteiger partial charge in [0.25, 0.3) is 0 Å². The highest BCUT2D eigenvalue weighted by Gasteiger charge is 2.41. The van der Waals surface area contributed by atoms with Crippen LogP contribution in [-0.4, -0.2) is 25.6 Å². The van der Waals surface area contributed by atoms with E-state index in [0.717, 1.165) is 24.9 Å². The molecule has 1 aliphatic heterocycles. The van der Waals surface area contributed by atoms with Gasteiger partial charge in [-0.15, -0.1) is 0 Å². The maximum atomic E-state index is 12.3. The van der Waals surface area contributed by atoms with Crippen LogP contribution in [0.5, 0.6) is 0 Å². The fraction of sp³-hybridized carbons (Fsp3) is 0.588. The van der Waals surface area contributed by atoms with Crippen molar-refractivity contribution in [3.63, 3.8) is 0 Å². The normalized spacial score (nSPS) is 22.3. The van der Waals surface area contributed by atoms with Gasteiger partial charge in [0, 0.05) is 13.0 Å². The summed E-state index contributed by atoms with van der Waals surface area (Å²) in [5.41, 5.74) is 6.83. The number of esters is 1. The summed E-state index contributed by atoms with van der Waals surface area (Å²) in [6, 6.07) is 8.28. The number of hydrogen-bond acceptors (Lipinski definition) is 4. The Bertz CT molecular complexity index is 483. The van der Waals surface area contributed by atoms with Gasteiger partial charge in [0.15, 0.2) is 5.60 Å². The summed E-state index contributed by atoms with van der Waals surface area (Å²) in [6.45, 7) is 7.83. The van der Waals surface area contributed by atoms with Crippen molar-refractivity contribution < 1.29 is 9.53 Å². The second-order valence-electron chi connectivity index (χ2n) is 6.80. The number of nitrogens with two attached hydrogens (primary N) is 1. The summed E-state index contributed by atoms with van der Waals surface area (Å²) in [5, 5.41) is 3.31. The van der Waals surface area contributed by atoms with Gasteiger partial charge in [-0.05, 0) is 51.4 Å². The molecule has 1 fully saturated rings. The van der Waals surface area contributed by atoms with Crippen LogP contribution in [0.25, 0.3) is 0 Å². The molecule has 0 saturated carbocycles. The molecular weight excluding hydrogens is 264 g/mol. The summed E-state index contributed by atoms with van der Waals surface area (Å²) < 4.78 is 5.92. The van der Waals surface area contributed by atoms with Gasteiger partial charge >= 0.3 is 5.97 Å². The summed E-state index contributed by atoms with van der Waals surface area (Å²) in [7, 11) is 0. The second-order valence-corrected chi connectivity index (χ2v) is 6.80. The van der Waals surface area contributed by atoms with E-state index < -0.39 is 11.0 Å². The predicted molar refractivity (Wildman–Crippen MR) is 83.9 cm³/mol. The van der Waals surface area contributed by atoms with E-state index in [2.05, 4.69) is 29.6 Å². The molecular formula is C17H26N2O2. The van der Waals surface area contributed by atoms with Crippen molar-refractivity contribution in [1.82, 2.24) is 5.32 Å². The zero-order valence-corrected chi connectivity index (χ0v) is 13.2. The maximum Gasteiger partial charge on any atom is 0.312 e. The Kier molecular flexibility index (Phi) is 4.69. The Hall–Kier alpha value is -1.39. The molecule has 0 radical (unpaired) electrons.